The first-order valence-corrected chi connectivity index (χ1v) is 17.1. The molecule has 0 spiro atoms. The van der Waals surface area contributed by atoms with Crippen molar-refractivity contribution < 1.29 is 5.11 Å². The van der Waals surface area contributed by atoms with Crippen molar-refractivity contribution in [3.63, 3.8) is 0 Å². The molecule has 0 amide bonds. The van der Waals surface area contributed by atoms with Gasteiger partial charge in [-0.2, -0.15) is 0 Å². The summed E-state index contributed by atoms with van der Waals surface area (Å²) < 4.78 is 0. The molecule has 5 aliphatic rings. The smallest absolute Gasteiger partial charge is 0.123 e. The molecular weight excluding hydrogens is 532 g/mol. The van der Waals surface area contributed by atoms with Crippen molar-refractivity contribution in [3.8, 4) is 5.75 Å². The van der Waals surface area contributed by atoms with Crippen molar-refractivity contribution in [1.29, 1.82) is 0 Å². The van der Waals surface area contributed by atoms with Gasteiger partial charge in [0.1, 0.15) is 5.75 Å². The lowest BCUT2D eigenvalue weighted by Crippen LogP contribution is -2.75. The molecule has 1 nitrogen and oxygen atoms in total. The Morgan fingerprint density at radius 3 is 1.66 bits per heavy atom. The first-order chi connectivity index (χ1) is 20.0. The maximum absolute atomic E-state index is 12.2. The van der Waals surface area contributed by atoms with Gasteiger partial charge in [-0.3, -0.25) is 0 Å². The molecule has 2 saturated carbocycles. The molecule has 1 N–H and O–H groups in total. The van der Waals surface area contributed by atoms with Crippen LogP contribution in [-0.4, -0.2) is 5.11 Å². The Kier molecular flexibility index (Phi) is 6.16. The number of fused-ring (bicyclic) bond motifs is 8. The molecule has 44 heavy (non-hydrogen) atoms. The van der Waals surface area contributed by atoms with Gasteiger partial charge in [0.15, 0.2) is 0 Å². The van der Waals surface area contributed by atoms with E-state index in [0.29, 0.717) is 17.6 Å². The number of rotatable bonds is 1. The SMILES string of the molecule is CC1C2C=CC=C(c3c(O)cc(C(C)(C)C)cc3C(C)(C)C)C2(C)C2(C)C3(C)C=CC=CC3(C)C3(C)C=CC=CC3(C)C12C. The van der Waals surface area contributed by atoms with Gasteiger partial charge >= 0.3 is 0 Å². The Labute approximate surface area is 269 Å². The molecule has 0 saturated heterocycles. The minimum atomic E-state index is -0.262. The standard InChI is InChI=1S/C43H58O/c1-28-30-20-19-21-31(34-32(36(5,6)7)26-29(27-33(34)44)35(2,3)4)41(30,12)43(14)40(11)25-18-16-23-38(40,9)37(8)22-15-17-24-39(37,10)42(28,43)13/h15-28,30,44H,1-14H3. The fourth-order valence-electron chi connectivity index (χ4n) is 12.3. The van der Waals surface area contributed by atoms with E-state index in [0.717, 1.165) is 5.56 Å². The lowest BCUT2D eigenvalue weighted by Gasteiger charge is -2.80. The third kappa shape index (κ3) is 3.04. The Bertz CT molecular complexity index is 1610. The highest BCUT2D eigenvalue weighted by Gasteiger charge is 2.86. The van der Waals surface area contributed by atoms with Crippen LogP contribution >= 0.6 is 0 Å². The second kappa shape index (κ2) is 8.63. The summed E-state index contributed by atoms with van der Waals surface area (Å²) in [6.45, 7) is 34.3. The lowest BCUT2D eigenvalue weighted by atomic mass is 9.23. The summed E-state index contributed by atoms with van der Waals surface area (Å²) in [5.41, 5.74) is 3.50. The number of aromatic hydroxyl groups is 1. The van der Waals surface area contributed by atoms with Gasteiger partial charge in [-0.1, -0.05) is 170 Å². The molecule has 236 valence electrons. The molecule has 9 unspecified atom stereocenters. The summed E-state index contributed by atoms with van der Waals surface area (Å²) in [5, 5.41) is 12.2. The second-order valence-electron chi connectivity index (χ2n) is 18.5. The van der Waals surface area contributed by atoms with Gasteiger partial charge in [0.2, 0.25) is 0 Å². The number of hydrogen-bond acceptors (Lipinski definition) is 1. The topological polar surface area (TPSA) is 20.2 Å². The fraction of sp³-hybridized carbons (Fsp3) is 0.581. The number of allylic oxidation sites excluding steroid dienone is 12. The zero-order chi connectivity index (χ0) is 32.7. The maximum atomic E-state index is 12.2. The highest BCUT2D eigenvalue weighted by Crippen LogP contribution is 2.91. The minimum Gasteiger partial charge on any atom is -0.507 e. The van der Waals surface area contributed by atoms with Crippen LogP contribution in [0.2, 0.25) is 0 Å². The summed E-state index contributed by atoms with van der Waals surface area (Å²) in [7, 11) is 0. The molecule has 9 atom stereocenters. The van der Waals surface area contributed by atoms with Crippen molar-refractivity contribution >= 4 is 5.57 Å². The van der Waals surface area contributed by atoms with Crippen molar-refractivity contribution in [2.75, 3.05) is 0 Å². The van der Waals surface area contributed by atoms with Crippen LogP contribution in [0.1, 0.15) is 114 Å². The largest absolute Gasteiger partial charge is 0.507 e. The lowest BCUT2D eigenvalue weighted by molar-refractivity contribution is -0.268. The molecule has 0 aromatic heterocycles. The van der Waals surface area contributed by atoms with E-state index in [2.05, 4.69) is 176 Å². The van der Waals surface area contributed by atoms with Crippen LogP contribution in [0, 0.1) is 49.7 Å². The third-order valence-corrected chi connectivity index (χ3v) is 15.7. The Hall–Kier alpha value is -2.54. The van der Waals surface area contributed by atoms with Crippen LogP contribution in [0.5, 0.6) is 5.75 Å². The summed E-state index contributed by atoms with van der Waals surface area (Å²) in [6, 6.07) is 4.46. The van der Waals surface area contributed by atoms with E-state index >= 15 is 0 Å². The quantitative estimate of drug-likeness (QED) is 0.345. The number of phenolic OH excluding ortho intramolecular Hbond substituents is 1. The van der Waals surface area contributed by atoms with Crippen LogP contribution in [0.25, 0.3) is 5.57 Å². The summed E-state index contributed by atoms with van der Waals surface area (Å²) >= 11 is 0. The average molecular weight is 591 g/mol. The zero-order valence-electron chi connectivity index (χ0n) is 30.1. The molecule has 6 rings (SSSR count). The summed E-state index contributed by atoms with van der Waals surface area (Å²) in [5.74, 6) is 1.13. The van der Waals surface area contributed by atoms with Gasteiger partial charge in [-0.05, 0) is 56.3 Å². The van der Waals surface area contributed by atoms with Gasteiger partial charge in [0.25, 0.3) is 0 Å². The van der Waals surface area contributed by atoms with Gasteiger partial charge in [0, 0.05) is 32.6 Å². The van der Waals surface area contributed by atoms with E-state index in [-0.39, 0.29) is 48.7 Å². The molecule has 1 aromatic rings. The van der Waals surface area contributed by atoms with E-state index in [1.165, 1.54) is 16.7 Å². The third-order valence-electron chi connectivity index (χ3n) is 15.7. The maximum Gasteiger partial charge on any atom is 0.123 e. The van der Waals surface area contributed by atoms with Crippen molar-refractivity contribution in [1.82, 2.24) is 0 Å². The van der Waals surface area contributed by atoms with E-state index in [1.54, 1.807) is 0 Å². The van der Waals surface area contributed by atoms with Crippen LogP contribution in [0.15, 0.2) is 79.0 Å². The molecule has 0 heterocycles. The van der Waals surface area contributed by atoms with Gasteiger partial charge < -0.3 is 5.11 Å². The molecule has 0 bridgehead atoms. The molecule has 1 aromatic carbocycles. The normalized spacial score (nSPS) is 45.5. The van der Waals surface area contributed by atoms with E-state index < -0.39 is 0 Å². The minimum absolute atomic E-state index is 0.0620. The number of phenols is 1. The first-order valence-electron chi connectivity index (χ1n) is 17.1. The van der Waals surface area contributed by atoms with Crippen LogP contribution in [-0.2, 0) is 10.8 Å². The molecule has 0 aliphatic heterocycles. The molecule has 5 aliphatic carbocycles. The predicted molar refractivity (Wildman–Crippen MR) is 189 cm³/mol. The number of hydrogen-bond donors (Lipinski definition) is 1. The Morgan fingerprint density at radius 2 is 1.14 bits per heavy atom. The zero-order valence-corrected chi connectivity index (χ0v) is 30.1. The van der Waals surface area contributed by atoms with Gasteiger partial charge in [0.05, 0.1) is 0 Å². The van der Waals surface area contributed by atoms with Crippen LogP contribution in [0.3, 0.4) is 0 Å². The van der Waals surface area contributed by atoms with E-state index in [1.807, 2.05) is 0 Å². The molecular formula is C43H58O. The van der Waals surface area contributed by atoms with E-state index in [4.69, 9.17) is 0 Å². The molecule has 1 heteroatoms. The van der Waals surface area contributed by atoms with Crippen molar-refractivity contribution in [2.45, 2.75) is 108 Å². The Morgan fingerprint density at radius 1 is 0.636 bits per heavy atom. The second-order valence-corrected chi connectivity index (χ2v) is 18.5. The monoisotopic (exact) mass is 590 g/mol. The van der Waals surface area contributed by atoms with Gasteiger partial charge in [-0.15, -0.1) is 0 Å². The van der Waals surface area contributed by atoms with Crippen LogP contribution in [0.4, 0.5) is 0 Å². The van der Waals surface area contributed by atoms with E-state index in [9.17, 15) is 5.11 Å². The average Bonchev–Trinajstić information content (AvgIpc) is 3.07. The highest BCUT2D eigenvalue weighted by atomic mass is 16.3. The van der Waals surface area contributed by atoms with Gasteiger partial charge in [-0.25, -0.2) is 0 Å². The number of benzene rings is 1. The summed E-state index contributed by atoms with van der Waals surface area (Å²) in [4.78, 5) is 0. The van der Waals surface area contributed by atoms with Crippen molar-refractivity contribution in [3.05, 3.63) is 95.7 Å². The van der Waals surface area contributed by atoms with Crippen molar-refractivity contribution in [2.24, 2.45) is 49.7 Å². The summed E-state index contributed by atoms with van der Waals surface area (Å²) in [6.07, 6.45) is 26.7. The molecule has 2 fully saturated rings. The highest BCUT2D eigenvalue weighted by molar-refractivity contribution is 5.82. The fourth-order valence-corrected chi connectivity index (χ4v) is 12.3. The van der Waals surface area contributed by atoms with Crippen LogP contribution < -0.4 is 0 Å². The molecule has 0 radical (unpaired) electrons. The Balaban J connectivity index is 1.75. The first kappa shape index (κ1) is 31.4. The predicted octanol–water partition coefficient (Wildman–Crippen LogP) is 11.5.